The predicted octanol–water partition coefficient (Wildman–Crippen LogP) is 7.53. The van der Waals surface area contributed by atoms with Gasteiger partial charge in [0, 0.05) is 44.8 Å². The lowest BCUT2D eigenvalue weighted by atomic mass is 9.81. The van der Waals surface area contributed by atoms with E-state index in [4.69, 9.17) is 9.98 Å². The molecule has 0 aliphatic carbocycles. The number of nitrogens with zero attached hydrogens (tertiary/aromatic N) is 2. The Bertz CT molecular complexity index is 2660. The molecule has 0 fully saturated rings. The smallest absolute Gasteiger partial charge is 0.328 e. The fraction of sp³-hybridized carbons (Fsp3) is 0.0426. The van der Waals surface area contributed by atoms with Crippen LogP contribution in [0.4, 0.5) is 0 Å². The number of H-pyrrole nitrogens is 1. The monoisotopic (exact) mass is 686 g/mol. The first-order valence-electron chi connectivity index (χ1n) is 17.7. The molecule has 254 valence electrons. The first kappa shape index (κ1) is 31.9. The second kappa shape index (κ2) is 13.2. The van der Waals surface area contributed by atoms with Crippen molar-refractivity contribution in [3.05, 3.63) is 226 Å². The van der Waals surface area contributed by atoms with E-state index in [1.54, 1.807) is 6.08 Å². The molecule has 0 amide bonds. The molecule has 5 heterocycles. The highest BCUT2D eigenvalue weighted by Gasteiger charge is 2.40. The van der Waals surface area contributed by atoms with Crippen LogP contribution in [0.5, 0.6) is 0 Å². The molecule has 6 nitrogen and oxygen atoms in total. The Labute approximate surface area is 307 Å². The Morgan fingerprint density at radius 3 is 1.58 bits per heavy atom. The van der Waals surface area contributed by atoms with Crippen LogP contribution >= 0.6 is 0 Å². The SMILES string of the molecule is O=C(O)C=CC12CC=C(N1)/C(c1ccccc1)=C1/C=CC(=N1)/C(c1ccccc1)=c1/cc/c([nH]1)=C(\c1ccccc1)C1=N/C(=C\2c2ccccc2)C=C1. The minimum Gasteiger partial charge on any atom is -0.478 e. The summed E-state index contributed by atoms with van der Waals surface area (Å²) in [6.45, 7) is 0. The first-order chi connectivity index (χ1) is 26.1. The molecule has 1 unspecified atom stereocenters. The largest absolute Gasteiger partial charge is 0.478 e. The third kappa shape index (κ3) is 5.86. The van der Waals surface area contributed by atoms with Crippen molar-refractivity contribution in [3.63, 3.8) is 0 Å². The lowest BCUT2D eigenvalue weighted by Crippen LogP contribution is -2.40. The number of carboxylic acid groups (broad SMARTS) is 1. The molecular formula is C47H34N4O2. The minimum atomic E-state index is -1.02. The fourth-order valence-corrected chi connectivity index (χ4v) is 7.69. The number of aliphatic carboxylic acids is 1. The molecule has 8 bridgehead atoms. The Morgan fingerprint density at radius 2 is 1.06 bits per heavy atom. The molecular weight excluding hydrogens is 653 g/mol. The molecule has 1 aromatic heterocycles. The van der Waals surface area contributed by atoms with Gasteiger partial charge in [-0.05, 0) is 71.2 Å². The molecule has 3 N–H and O–H groups in total. The molecule has 0 saturated heterocycles. The zero-order valence-corrected chi connectivity index (χ0v) is 28.7. The van der Waals surface area contributed by atoms with Gasteiger partial charge in [0.15, 0.2) is 0 Å². The van der Waals surface area contributed by atoms with E-state index in [-0.39, 0.29) is 0 Å². The number of hydrogen-bond donors (Lipinski definition) is 3. The molecule has 0 radical (unpaired) electrons. The summed E-state index contributed by atoms with van der Waals surface area (Å²) in [4.78, 5) is 26.7. The number of aromatic nitrogens is 1. The standard InChI is InChI=1S/C47H34N4O2/c52-42(53)28-30-47-29-27-40(51-47)45(33-17-9-3-10-18-33)39-24-23-36(49-39)43(31-13-5-1-6-14-31)35-21-22-37(48-35)44(32-15-7-2-8-16-32)38-25-26-41(50-38)46(47)34-19-11-4-12-20-34/h1-28,30,48,51H,29H2,(H,52,53)/b30-28?,43-35-,44-37-,45-39-,46-41-. The Balaban J connectivity index is 1.42. The highest BCUT2D eigenvalue weighted by atomic mass is 16.4. The number of carbonyl (C=O) groups is 1. The maximum Gasteiger partial charge on any atom is 0.328 e. The molecule has 0 saturated carbocycles. The molecule has 53 heavy (non-hydrogen) atoms. The van der Waals surface area contributed by atoms with E-state index >= 15 is 0 Å². The van der Waals surface area contributed by atoms with Crippen LogP contribution in [0, 0.1) is 0 Å². The average Bonchev–Trinajstić information content (AvgIpc) is 4.03. The van der Waals surface area contributed by atoms with Crippen molar-refractivity contribution in [1.82, 2.24) is 10.3 Å². The van der Waals surface area contributed by atoms with Gasteiger partial charge >= 0.3 is 5.97 Å². The van der Waals surface area contributed by atoms with Gasteiger partial charge in [0.25, 0.3) is 0 Å². The van der Waals surface area contributed by atoms with Gasteiger partial charge in [-0.15, -0.1) is 0 Å². The first-order valence-corrected chi connectivity index (χ1v) is 17.7. The van der Waals surface area contributed by atoms with Crippen LogP contribution in [-0.4, -0.2) is 33.0 Å². The van der Waals surface area contributed by atoms with E-state index in [9.17, 15) is 9.90 Å². The van der Waals surface area contributed by atoms with Crippen molar-refractivity contribution in [2.45, 2.75) is 12.0 Å². The molecule has 6 heteroatoms. The summed E-state index contributed by atoms with van der Waals surface area (Å²) in [6.07, 6.45) is 13.9. The van der Waals surface area contributed by atoms with Crippen LogP contribution in [0.1, 0.15) is 28.7 Å². The number of fused-ring (bicyclic) bond motifs is 6. The van der Waals surface area contributed by atoms with Crippen LogP contribution in [0.25, 0.3) is 22.3 Å². The van der Waals surface area contributed by atoms with E-state index < -0.39 is 11.5 Å². The Morgan fingerprint density at radius 1 is 0.585 bits per heavy atom. The maximum absolute atomic E-state index is 12.2. The summed E-state index contributed by atoms with van der Waals surface area (Å²) in [7, 11) is 0. The number of rotatable bonds is 6. The van der Waals surface area contributed by atoms with E-state index in [0.29, 0.717) is 6.42 Å². The number of hydrogen-bond acceptors (Lipinski definition) is 4. The van der Waals surface area contributed by atoms with E-state index in [0.717, 1.165) is 83.8 Å². The van der Waals surface area contributed by atoms with Gasteiger partial charge in [-0.3, -0.25) is 0 Å². The van der Waals surface area contributed by atoms with Crippen molar-refractivity contribution < 1.29 is 9.90 Å². The van der Waals surface area contributed by atoms with Crippen molar-refractivity contribution in [2.24, 2.45) is 9.98 Å². The van der Waals surface area contributed by atoms with Gasteiger partial charge in [0.2, 0.25) is 0 Å². The summed E-state index contributed by atoms with van der Waals surface area (Å²) in [5, 5.41) is 15.7. The molecule has 0 spiro atoms. The third-order valence-electron chi connectivity index (χ3n) is 9.99. The lowest BCUT2D eigenvalue weighted by molar-refractivity contribution is -0.131. The normalized spacial score (nSPS) is 23.9. The summed E-state index contributed by atoms with van der Waals surface area (Å²) < 4.78 is 0. The summed E-state index contributed by atoms with van der Waals surface area (Å²) in [5.41, 5.74) is 10.9. The van der Waals surface area contributed by atoms with Gasteiger partial charge in [0.1, 0.15) is 0 Å². The summed E-state index contributed by atoms with van der Waals surface area (Å²) >= 11 is 0. The molecule has 4 aromatic carbocycles. The van der Waals surface area contributed by atoms with Crippen LogP contribution in [-0.2, 0) is 4.79 Å². The van der Waals surface area contributed by atoms with Gasteiger partial charge < -0.3 is 15.4 Å². The van der Waals surface area contributed by atoms with Crippen LogP contribution in [0.3, 0.4) is 0 Å². The highest BCUT2D eigenvalue weighted by Crippen LogP contribution is 2.44. The summed E-state index contributed by atoms with van der Waals surface area (Å²) in [5.74, 6) is -1.02. The maximum atomic E-state index is 12.2. The zero-order valence-electron chi connectivity index (χ0n) is 28.7. The Kier molecular flexibility index (Phi) is 7.97. The van der Waals surface area contributed by atoms with E-state index in [2.05, 4.69) is 95.3 Å². The Hall–Kier alpha value is -7.05. The van der Waals surface area contributed by atoms with E-state index in [1.807, 2.05) is 78.9 Å². The van der Waals surface area contributed by atoms with Gasteiger partial charge in [-0.1, -0.05) is 127 Å². The fourth-order valence-electron chi connectivity index (χ4n) is 7.69. The number of benzene rings is 4. The van der Waals surface area contributed by atoms with Crippen LogP contribution < -0.4 is 16.0 Å². The topological polar surface area (TPSA) is 89.8 Å². The van der Waals surface area contributed by atoms with Gasteiger partial charge in [-0.25, -0.2) is 14.8 Å². The van der Waals surface area contributed by atoms with Gasteiger partial charge in [-0.2, -0.15) is 0 Å². The zero-order chi connectivity index (χ0) is 35.8. The minimum absolute atomic E-state index is 0.485. The number of allylic oxidation sites excluding steroid dienone is 5. The molecule has 5 aromatic rings. The number of aliphatic imine (C=N–C) groups is 2. The third-order valence-corrected chi connectivity index (χ3v) is 9.99. The van der Waals surface area contributed by atoms with Crippen molar-refractivity contribution >= 4 is 39.7 Å². The predicted molar refractivity (Wildman–Crippen MR) is 213 cm³/mol. The van der Waals surface area contributed by atoms with Crippen LogP contribution in [0.15, 0.2) is 203 Å². The van der Waals surface area contributed by atoms with Crippen molar-refractivity contribution in [1.29, 1.82) is 0 Å². The number of carboxylic acids is 1. The molecule has 9 rings (SSSR count). The average molecular weight is 687 g/mol. The van der Waals surface area contributed by atoms with Crippen molar-refractivity contribution in [3.8, 4) is 0 Å². The van der Waals surface area contributed by atoms with Crippen LogP contribution in [0.2, 0.25) is 0 Å². The van der Waals surface area contributed by atoms with Crippen molar-refractivity contribution in [2.75, 3.05) is 0 Å². The molecule has 4 aliphatic heterocycles. The lowest BCUT2D eigenvalue weighted by Gasteiger charge is -2.33. The van der Waals surface area contributed by atoms with E-state index in [1.165, 1.54) is 6.08 Å². The molecule has 1 atom stereocenters. The second-order valence-electron chi connectivity index (χ2n) is 13.3. The quantitative estimate of drug-likeness (QED) is 0.162. The summed E-state index contributed by atoms with van der Waals surface area (Å²) in [6, 6.07) is 45.2. The highest BCUT2D eigenvalue weighted by molar-refractivity contribution is 6.31. The number of aromatic amines is 1. The second-order valence-corrected chi connectivity index (χ2v) is 13.3. The number of nitrogens with one attached hydrogen (secondary N) is 2. The van der Waals surface area contributed by atoms with Gasteiger partial charge in [0.05, 0.1) is 28.4 Å². The molecule has 4 aliphatic rings.